The van der Waals surface area contributed by atoms with Gasteiger partial charge in [0.1, 0.15) is 5.82 Å². The van der Waals surface area contributed by atoms with Gasteiger partial charge >= 0.3 is 6.18 Å². The Morgan fingerprint density at radius 3 is 2.38 bits per heavy atom. The number of anilines is 1. The van der Waals surface area contributed by atoms with Gasteiger partial charge in [0.05, 0.1) is 47.1 Å². The number of hydrogen-bond acceptors (Lipinski definition) is 6. The molecular formula is C21H18ClF4N7O. The average molecular weight is 496 g/mol. The van der Waals surface area contributed by atoms with Gasteiger partial charge < -0.3 is 5.32 Å². The van der Waals surface area contributed by atoms with Crippen LogP contribution in [-0.4, -0.2) is 43.1 Å². The molecule has 178 valence electrons. The lowest BCUT2D eigenvalue weighted by molar-refractivity contribution is -0.144. The predicted octanol–water partition coefficient (Wildman–Crippen LogP) is 4.82. The Morgan fingerprint density at radius 2 is 1.82 bits per heavy atom. The number of pyridine rings is 1. The normalized spacial score (nSPS) is 12.0. The van der Waals surface area contributed by atoms with E-state index in [2.05, 4.69) is 25.6 Å². The van der Waals surface area contributed by atoms with Gasteiger partial charge in [-0.2, -0.15) is 28.5 Å². The zero-order valence-electron chi connectivity index (χ0n) is 17.8. The molecule has 0 aliphatic rings. The molecule has 0 amide bonds. The largest absolute Gasteiger partial charge is 0.433 e. The van der Waals surface area contributed by atoms with E-state index in [9.17, 15) is 22.4 Å². The van der Waals surface area contributed by atoms with Gasteiger partial charge in [0.2, 0.25) is 0 Å². The van der Waals surface area contributed by atoms with E-state index in [1.807, 2.05) is 0 Å². The van der Waals surface area contributed by atoms with Crippen molar-refractivity contribution in [1.29, 1.82) is 0 Å². The van der Waals surface area contributed by atoms with Crippen LogP contribution in [0.4, 0.5) is 23.2 Å². The van der Waals surface area contributed by atoms with Gasteiger partial charge in [0.25, 0.3) is 0 Å². The van der Waals surface area contributed by atoms with Crippen LogP contribution in [0.1, 0.15) is 34.6 Å². The van der Waals surface area contributed by atoms with E-state index in [0.29, 0.717) is 21.1 Å². The first-order valence-corrected chi connectivity index (χ1v) is 10.1. The molecule has 1 atom stereocenters. The van der Waals surface area contributed by atoms with Crippen molar-refractivity contribution in [2.45, 2.75) is 19.1 Å². The summed E-state index contributed by atoms with van der Waals surface area (Å²) in [6.07, 6.45) is 1.06. The Balaban J connectivity index is 0.000000202. The van der Waals surface area contributed by atoms with Crippen molar-refractivity contribution in [3.63, 3.8) is 0 Å². The van der Waals surface area contributed by atoms with Crippen molar-refractivity contribution in [1.82, 2.24) is 29.8 Å². The lowest BCUT2D eigenvalue weighted by Crippen LogP contribution is -2.20. The molecule has 0 aliphatic heterocycles. The van der Waals surface area contributed by atoms with E-state index in [-0.39, 0.29) is 6.29 Å². The zero-order valence-corrected chi connectivity index (χ0v) is 18.6. The van der Waals surface area contributed by atoms with E-state index < -0.39 is 29.3 Å². The van der Waals surface area contributed by atoms with Crippen LogP contribution in [-0.2, 0) is 6.18 Å². The van der Waals surface area contributed by atoms with Crippen LogP contribution < -0.4 is 5.32 Å². The molecule has 0 saturated carbocycles. The minimum Gasteiger partial charge on any atom is -0.387 e. The Morgan fingerprint density at radius 1 is 1.12 bits per heavy atom. The maximum absolute atomic E-state index is 13.1. The van der Waals surface area contributed by atoms with Gasteiger partial charge in [-0.1, -0.05) is 23.7 Å². The molecule has 0 bridgehead atoms. The number of aromatic nitrogens is 6. The molecule has 0 saturated heterocycles. The summed E-state index contributed by atoms with van der Waals surface area (Å²) in [4.78, 5) is 16.2. The maximum Gasteiger partial charge on any atom is 0.433 e. The molecule has 4 rings (SSSR count). The fourth-order valence-corrected chi connectivity index (χ4v) is 3.24. The third-order valence-electron chi connectivity index (χ3n) is 4.64. The van der Waals surface area contributed by atoms with E-state index in [1.54, 1.807) is 31.7 Å². The number of hydrogen-bond donors (Lipinski definition) is 1. The van der Waals surface area contributed by atoms with Gasteiger partial charge in [-0.3, -0.25) is 9.48 Å². The zero-order chi connectivity index (χ0) is 24.9. The van der Waals surface area contributed by atoms with E-state index in [1.165, 1.54) is 29.9 Å². The van der Waals surface area contributed by atoms with Gasteiger partial charge in [-0.15, -0.1) is 4.80 Å². The minimum absolute atomic E-state index is 0.102. The fourth-order valence-electron chi connectivity index (χ4n) is 3.00. The van der Waals surface area contributed by atoms with Crippen LogP contribution in [0.15, 0.2) is 55.1 Å². The van der Waals surface area contributed by atoms with E-state index in [0.717, 1.165) is 18.0 Å². The molecule has 3 aromatic heterocycles. The Bertz CT molecular complexity index is 1260. The standard InChI is InChI=1S/C13H10F4N2O.C8H8ClN5/c1-8(9-3-2-4-11(14)5-9)19-12(13(15,16)17)10(7-20)6-18-19;1-10-6-4-7(9)8(11-5-6)14-12-2-3-13-14/h2-8H,1H3;2-5,10H,1H3. The summed E-state index contributed by atoms with van der Waals surface area (Å²) in [5.41, 5.74) is -0.494. The predicted molar refractivity (Wildman–Crippen MR) is 117 cm³/mol. The molecule has 1 unspecified atom stereocenters. The smallest absolute Gasteiger partial charge is 0.387 e. The molecule has 1 N–H and O–H groups in total. The number of halogens is 5. The van der Waals surface area contributed by atoms with Crippen molar-refractivity contribution in [3.8, 4) is 5.82 Å². The summed E-state index contributed by atoms with van der Waals surface area (Å²) in [7, 11) is 1.80. The minimum atomic E-state index is -4.71. The molecule has 0 aliphatic carbocycles. The molecule has 0 radical (unpaired) electrons. The monoisotopic (exact) mass is 495 g/mol. The summed E-state index contributed by atoms with van der Waals surface area (Å²) >= 11 is 6.00. The number of carbonyl (C=O) groups excluding carboxylic acids is 1. The Kier molecular flexibility index (Phi) is 7.61. The molecule has 8 nitrogen and oxygen atoms in total. The van der Waals surface area contributed by atoms with Crippen LogP contribution in [0, 0.1) is 5.82 Å². The lowest BCUT2D eigenvalue weighted by atomic mass is 10.1. The first-order chi connectivity index (χ1) is 16.2. The average Bonchev–Trinajstić information content (AvgIpc) is 3.49. The highest BCUT2D eigenvalue weighted by Gasteiger charge is 2.39. The van der Waals surface area contributed by atoms with Gasteiger partial charge in [0, 0.05) is 7.05 Å². The number of nitrogens with one attached hydrogen (secondary N) is 1. The summed E-state index contributed by atoms with van der Waals surface area (Å²) in [6.45, 7) is 1.45. The summed E-state index contributed by atoms with van der Waals surface area (Å²) in [6, 6.07) is 6.15. The third kappa shape index (κ3) is 5.57. The van der Waals surface area contributed by atoms with E-state index >= 15 is 0 Å². The SMILES string of the molecule is CC(c1cccc(F)c1)n1ncc(C=O)c1C(F)(F)F.CNc1cnc(-n2nccn2)c(Cl)c1. The van der Waals surface area contributed by atoms with Gasteiger partial charge in [-0.25, -0.2) is 9.37 Å². The van der Waals surface area contributed by atoms with Crippen molar-refractivity contribution >= 4 is 23.6 Å². The highest BCUT2D eigenvalue weighted by atomic mass is 35.5. The second-order valence-corrected chi connectivity index (χ2v) is 7.24. The number of carbonyl (C=O) groups is 1. The second kappa shape index (κ2) is 10.4. The maximum atomic E-state index is 13.1. The number of alkyl halides is 3. The molecule has 4 aromatic rings. The molecule has 0 spiro atoms. The Hall–Kier alpha value is -3.80. The third-order valence-corrected chi connectivity index (χ3v) is 4.91. The van der Waals surface area contributed by atoms with Crippen molar-refractivity contribution in [2.75, 3.05) is 12.4 Å². The number of benzene rings is 1. The van der Waals surface area contributed by atoms with Crippen LogP contribution in [0.2, 0.25) is 5.02 Å². The van der Waals surface area contributed by atoms with Crippen molar-refractivity contribution in [2.24, 2.45) is 0 Å². The van der Waals surface area contributed by atoms with E-state index in [4.69, 9.17) is 11.6 Å². The number of rotatable bonds is 5. The highest BCUT2D eigenvalue weighted by Crippen LogP contribution is 2.34. The summed E-state index contributed by atoms with van der Waals surface area (Å²) < 4.78 is 52.8. The van der Waals surface area contributed by atoms with Gasteiger partial charge in [-0.05, 0) is 30.7 Å². The highest BCUT2D eigenvalue weighted by molar-refractivity contribution is 6.32. The number of nitrogens with zero attached hydrogens (tertiary/aromatic N) is 6. The summed E-state index contributed by atoms with van der Waals surface area (Å²) in [5, 5.41) is 14.9. The van der Waals surface area contributed by atoms with Crippen LogP contribution in [0.5, 0.6) is 0 Å². The lowest BCUT2D eigenvalue weighted by Gasteiger charge is -2.18. The second-order valence-electron chi connectivity index (χ2n) is 6.84. The van der Waals surface area contributed by atoms with Crippen molar-refractivity contribution in [3.05, 3.63) is 82.8 Å². The fraction of sp³-hybridized carbons (Fsp3) is 0.190. The first kappa shape index (κ1) is 24.8. The summed E-state index contributed by atoms with van der Waals surface area (Å²) in [5.74, 6) is -0.0265. The van der Waals surface area contributed by atoms with Crippen molar-refractivity contribution < 1.29 is 22.4 Å². The van der Waals surface area contributed by atoms with Gasteiger partial charge in [0.15, 0.2) is 17.8 Å². The molecule has 13 heteroatoms. The van der Waals surface area contributed by atoms with Crippen LogP contribution >= 0.6 is 11.6 Å². The quantitative estimate of drug-likeness (QED) is 0.315. The van der Waals surface area contributed by atoms with Crippen LogP contribution in [0.3, 0.4) is 0 Å². The molecule has 34 heavy (non-hydrogen) atoms. The number of aldehydes is 1. The molecule has 3 heterocycles. The molecule has 1 aromatic carbocycles. The van der Waals surface area contributed by atoms with Crippen LogP contribution in [0.25, 0.3) is 5.82 Å². The molecular weight excluding hydrogens is 478 g/mol. The topological polar surface area (TPSA) is 90.5 Å². The first-order valence-electron chi connectivity index (χ1n) is 9.71. The molecule has 0 fully saturated rings. The Labute approximate surface area is 196 Å².